The third-order valence-electron chi connectivity index (χ3n) is 4.02. The van der Waals surface area contributed by atoms with E-state index in [-0.39, 0.29) is 5.78 Å². The predicted octanol–water partition coefficient (Wildman–Crippen LogP) is 1.82. The van der Waals surface area contributed by atoms with Crippen molar-refractivity contribution in [2.24, 2.45) is 0 Å². The van der Waals surface area contributed by atoms with Crippen molar-refractivity contribution in [3.63, 3.8) is 0 Å². The number of ketones is 1. The van der Waals surface area contributed by atoms with E-state index in [1.807, 2.05) is 25.1 Å². The Morgan fingerprint density at radius 2 is 1.85 bits per heavy atom. The molecule has 0 bridgehead atoms. The van der Waals surface area contributed by atoms with Crippen LogP contribution in [-0.4, -0.2) is 62.0 Å². The highest BCUT2D eigenvalue weighted by Crippen LogP contribution is 2.18. The molecular weight excluding hydrogens is 252 g/mol. The first kappa shape index (κ1) is 15.0. The third kappa shape index (κ3) is 3.58. The number of piperazine rings is 1. The highest BCUT2D eigenvalue weighted by molar-refractivity contribution is 5.99. The van der Waals surface area contributed by atoms with Gasteiger partial charge in [-0.25, -0.2) is 0 Å². The molecule has 0 aliphatic carbocycles. The van der Waals surface area contributed by atoms with Crippen molar-refractivity contribution in [2.75, 3.05) is 46.4 Å². The molecule has 0 spiro atoms. The molecule has 2 rings (SSSR count). The Morgan fingerprint density at radius 3 is 2.45 bits per heavy atom. The maximum Gasteiger partial charge on any atom is 0.177 e. The number of nitrogens with zero attached hydrogens (tertiary/aromatic N) is 2. The number of ether oxygens (including phenoxy) is 1. The van der Waals surface area contributed by atoms with Crippen LogP contribution >= 0.6 is 0 Å². The van der Waals surface area contributed by atoms with Crippen molar-refractivity contribution in [1.29, 1.82) is 0 Å². The van der Waals surface area contributed by atoms with Crippen LogP contribution in [0.5, 0.6) is 5.75 Å². The summed E-state index contributed by atoms with van der Waals surface area (Å²) in [6, 6.07) is 5.69. The zero-order valence-electron chi connectivity index (χ0n) is 12.7. The van der Waals surface area contributed by atoms with Crippen LogP contribution in [0.15, 0.2) is 18.2 Å². The molecule has 0 radical (unpaired) electrons. The van der Waals surface area contributed by atoms with Crippen LogP contribution in [0.25, 0.3) is 0 Å². The second-order valence-electron chi connectivity index (χ2n) is 5.31. The van der Waals surface area contributed by atoms with E-state index in [0.717, 1.165) is 49.6 Å². The Labute approximate surface area is 121 Å². The van der Waals surface area contributed by atoms with Crippen LogP contribution in [0.2, 0.25) is 0 Å². The Kier molecular flexibility index (Phi) is 5.15. The number of carbonyl (C=O) groups is 1. The van der Waals surface area contributed by atoms with E-state index in [2.05, 4.69) is 16.7 Å². The van der Waals surface area contributed by atoms with Crippen molar-refractivity contribution >= 4 is 5.78 Å². The summed E-state index contributed by atoms with van der Waals surface area (Å²) in [5.74, 6) is 0.932. The summed E-state index contributed by atoms with van der Waals surface area (Å²) < 4.78 is 5.21. The van der Waals surface area contributed by atoms with Gasteiger partial charge in [-0.15, -0.1) is 0 Å². The number of aryl methyl sites for hydroxylation is 1. The molecule has 20 heavy (non-hydrogen) atoms. The number of likely N-dealkylation sites (N-methyl/N-ethyl adjacent to an activating group) is 1. The Hall–Kier alpha value is -1.39. The molecule has 1 heterocycles. The van der Waals surface area contributed by atoms with Crippen LogP contribution in [0.4, 0.5) is 0 Å². The lowest BCUT2D eigenvalue weighted by Crippen LogP contribution is -2.47. The second-order valence-corrected chi connectivity index (χ2v) is 5.31. The molecule has 1 fully saturated rings. The summed E-state index contributed by atoms with van der Waals surface area (Å²) in [6.07, 6.45) is 0. The molecular formula is C16H24N2O2. The fraction of sp³-hybridized carbons (Fsp3) is 0.562. The molecule has 1 saturated heterocycles. The molecule has 1 aromatic carbocycles. The fourth-order valence-corrected chi connectivity index (χ4v) is 2.58. The second kappa shape index (κ2) is 6.86. The average Bonchev–Trinajstić information content (AvgIpc) is 2.48. The minimum atomic E-state index is 0.186. The molecule has 0 saturated carbocycles. The fourth-order valence-electron chi connectivity index (χ4n) is 2.58. The Morgan fingerprint density at radius 1 is 1.20 bits per heavy atom. The molecule has 110 valence electrons. The van der Waals surface area contributed by atoms with Gasteiger partial charge in [0.1, 0.15) is 5.75 Å². The van der Waals surface area contributed by atoms with Gasteiger partial charge in [-0.2, -0.15) is 0 Å². The SMILES string of the molecule is CCN1CCN(CC(=O)c2cc(OC)ccc2C)CC1. The molecule has 0 aromatic heterocycles. The zero-order valence-corrected chi connectivity index (χ0v) is 12.7. The third-order valence-corrected chi connectivity index (χ3v) is 4.02. The molecule has 1 aliphatic rings. The monoisotopic (exact) mass is 276 g/mol. The first-order valence-corrected chi connectivity index (χ1v) is 7.26. The minimum absolute atomic E-state index is 0.186. The van der Waals surface area contributed by atoms with E-state index < -0.39 is 0 Å². The number of carbonyl (C=O) groups excluding carboxylic acids is 1. The van der Waals surface area contributed by atoms with E-state index in [4.69, 9.17) is 4.74 Å². The standard InChI is InChI=1S/C16H24N2O2/c1-4-17-7-9-18(10-8-17)12-16(19)15-11-14(20-3)6-5-13(15)2/h5-6,11H,4,7-10,12H2,1-3H3. The van der Waals surface area contributed by atoms with Gasteiger partial charge in [-0.3, -0.25) is 9.69 Å². The zero-order chi connectivity index (χ0) is 14.5. The number of Topliss-reactive ketones (excluding diaryl/α,β-unsaturated/α-hetero) is 1. The topological polar surface area (TPSA) is 32.8 Å². The smallest absolute Gasteiger partial charge is 0.177 e. The van der Waals surface area contributed by atoms with Crippen LogP contribution in [0, 0.1) is 6.92 Å². The summed E-state index contributed by atoms with van der Waals surface area (Å²) in [5, 5.41) is 0. The van der Waals surface area contributed by atoms with Gasteiger partial charge >= 0.3 is 0 Å². The summed E-state index contributed by atoms with van der Waals surface area (Å²) in [5.41, 5.74) is 1.80. The first-order valence-electron chi connectivity index (χ1n) is 7.26. The van der Waals surface area contributed by atoms with Crippen LogP contribution < -0.4 is 4.74 Å². The summed E-state index contributed by atoms with van der Waals surface area (Å²) in [4.78, 5) is 17.1. The minimum Gasteiger partial charge on any atom is -0.497 e. The van der Waals surface area contributed by atoms with E-state index in [1.165, 1.54) is 0 Å². The van der Waals surface area contributed by atoms with Crippen molar-refractivity contribution < 1.29 is 9.53 Å². The number of hydrogen-bond donors (Lipinski definition) is 0. The number of rotatable bonds is 5. The highest BCUT2D eigenvalue weighted by atomic mass is 16.5. The van der Waals surface area contributed by atoms with Gasteiger partial charge in [-0.1, -0.05) is 13.0 Å². The molecule has 4 nitrogen and oxygen atoms in total. The number of hydrogen-bond acceptors (Lipinski definition) is 4. The molecule has 1 aliphatic heterocycles. The molecule has 0 N–H and O–H groups in total. The summed E-state index contributed by atoms with van der Waals surface area (Å²) in [6.45, 7) is 9.82. The van der Waals surface area contributed by atoms with Crippen molar-refractivity contribution in [1.82, 2.24) is 9.80 Å². The van der Waals surface area contributed by atoms with Gasteiger partial charge < -0.3 is 9.64 Å². The van der Waals surface area contributed by atoms with Gasteiger partial charge in [0.25, 0.3) is 0 Å². The quantitative estimate of drug-likeness (QED) is 0.768. The summed E-state index contributed by atoms with van der Waals surface area (Å²) in [7, 11) is 1.63. The van der Waals surface area contributed by atoms with Crippen LogP contribution in [0.1, 0.15) is 22.8 Å². The van der Waals surface area contributed by atoms with Gasteiger partial charge in [0.15, 0.2) is 5.78 Å². The van der Waals surface area contributed by atoms with E-state index >= 15 is 0 Å². The lowest BCUT2D eigenvalue weighted by molar-refractivity contribution is 0.0858. The summed E-state index contributed by atoms with van der Waals surface area (Å²) >= 11 is 0. The number of methoxy groups -OCH3 is 1. The van der Waals surface area contributed by atoms with Crippen molar-refractivity contribution in [2.45, 2.75) is 13.8 Å². The Bertz CT molecular complexity index is 466. The normalized spacial score (nSPS) is 17.1. The van der Waals surface area contributed by atoms with Crippen molar-refractivity contribution in [3.05, 3.63) is 29.3 Å². The van der Waals surface area contributed by atoms with E-state index in [0.29, 0.717) is 6.54 Å². The van der Waals surface area contributed by atoms with Gasteiger partial charge in [0.2, 0.25) is 0 Å². The number of benzene rings is 1. The van der Waals surface area contributed by atoms with Gasteiger partial charge in [0.05, 0.1) is 13.7 Å². The van der Waals surface area contributed by atoms with Gasteiger partial charge in [-0.05, 0) is 31.2 Å². The first-order chi connectivity index (χ1) is 9.63. The van der Waals surface area contributed by atoms with E-state index in [9.17, 15) is 4.79 Å². The lowest BCUT2D eigenvalue weighted by atomic mass is 10.0. The Balaban J connectivity index is 1.98. The predicted molar refractivity (Wildman–Crippen MR) is 80.6 cm³/mol. The maximum absolute atomic E-state index is 12.4. The average molecular weight is 276 g/mol. The molecule has 4 heteroatoms. The van der Waals surface area contributed by atoms with Gasteiger partial charge in [0, 0.05) is 31.7 Å². The van der Waals surface area contributed by atoms with E-state index in [1.54, 1.807) is 7.11 Å². The molecule has 0 amide bonds. The van der Waals surface area contributed by atoms with Crippen molar-refractivity contribution in [3.8, 4) is 5.75 Å². The molecule has 0 unspecified atom stereocenters. The largest absolute Gasteiger partial charge is 0.497 e. The lowest BCUT2D eigenvalue weighted by Gasteiger charge is -2.33. The van der Waals surface area contributed by atoms with Crippen LogP contribution in [-0.2, 0) is 0 Å². The molecule has 0 atom stereocenters. The maximum atomic E-state index is 12.4. The highest BCUT2D eigenvalue weighted by Gasteiger charge is 2.19. The molecule has 1 aromatic rings. The van der Waals surface area contributed by atoms with Crippen LogP contribution in [0.3, 0.4) is 0 Å².